The summed E-state index contributed by atoms with van der Waals surface area (Å²) >= 11 is 5.72. The van der Waals surface area contributed by atoms with E-state index < -0.39 is 11.7 Å². The van der Waals surface area contributed by atoms with E-state index in [0.717, 1.165) is 6.07 Å². The molecule has 1 aliphatic rings. The Bertz CT molecular complexity index is 757. The van der Waals surface area contributed by atoms with Gasteiger partial charge in [0.15, 0.2) is 0 Å². The molecule has 0 atom stereocenters. The van der Waals surface area contributed by atoms with Gasteiger partial charge in [0.05, 0.1) is 5.56 Å². The van der Waals surface area contributed by atoms with Gasteiger partial charge in [0, 0.05) is 42.5 Å². The van der Waals surface area contributed by atoms with Gasteiger partial charge in [-0.15, -0.1) is 0 Å². The quantitative estimate of drug-likeness (QED) is 0.788. The molecule has 1 aliphatic heterocycles. The smallest absolute Gasteiger partial charge is 0.367 e. The van der Waals surface area contributed by atoms with Gasteiger partial charge >= 0.3 is 6.18 Å². The molecule has 2 aromatic carbocycles. The van der Waals surface area contributed by atoms with E-state index in [-0.39, 0.29) is 16.6 Å². The van der Waals surface area contributed by atoms with Crippen molar-refractivity contribution in [2.45, 2.75) is 6.18 Å². The van der Waals surface area contributed by atoms with Gasteiger partial charge in [-0.2, -0.15) is 13.2 Å². The Labute approximate surface area is 148 Å². The first kappa shape index (κ1) is 17.6. The third kappa shape index (κ3) is 3.90. The zero-order chi connectivity index (χ0) is 18.0. The summed E-state index contributed by atoms with van der Waals surface area (Å²) < 4.78 is 39.8. The van der Waals surface area contributed by atoms with E-state index in [9.17, 15) is 18.0 Å². The molecule has 0 spiro atoms. The number of piperazine rings is 1. The van der Waals surface area contributed by atoms with Gasteiger partial charge in [-0.3, -0.25) is 4.79 Å². The first-order valence-corrected chi connectivity index (χ1v) is 8.20. The van der Waals surface area contributed by atoms with Crippen molar-refractivity contribution in [3.63, 3.8) is 0 Å². The molecule has 0 radical (unpaired) electrons. The number of alkyl halides is 3. The summed E-state index contributed by atoms with van der Waals surface area (Å²) in [6.45, 7) is 1.41. The summed E-state index contributed by atoms with van der Waals surface area (Å²) in [7, 11) is 0. The molecule has 0 aromatic heterocycles. The maximum absolute atomic E-state index is 13.3. The van der Waals surface area contributed by atoms with Crippen molar-refractivity contribution in [2.24, 2.45) is 0 Å². The molecule has 2 aromatic rings. The van der Waals surface area contributed by atoms with E-state index in [1.807, 2.05) is 6.07 Å². The minimum absolute atomic E-state index is 0.0500. The summed E-state index contributed by atoms with van der Waals surface area (Å²) in [5.41, 5.74) is -0.0648. The highest BCUT2D eigenvalue weighted by molar-refractivity contribution is 6.30. The SMILES string of the molecule is O=C(c1ccccc1)N1CCN(c2ccc(Cl)cc2C(F)(F)F)CC1. The lowest BCUT2D eigenvalue weighted by atomic mass is 10.1. The number of hydrogen-bond donors (Lipinski definition) is 0. The number of anilines is 1. The largest absolute Gasteiger partial charge is 0.418 e. The third-order valence-corrected chi connectivity index (χ3v) is 4.43. The molecule has 7 heteroatoms. The van der Waals surface area contributed by atoms with Crippen molar-refractivity contribution < 1.29 is 18.0 Å². The summed E-state index contributed by atoms with van der Waals surface area (Å²) in [5, 5.41) is 0.0500. The fourth-order valence-electron chi connectivity index (χ4n) is 2.92. The molecule has 1 saturated heterocycles. The number of hydrogen-bond acceptors (Lipinski definition) is 2. The first-order chi connectivity index (χ1) is 11.9. The maximum Gasteiger partial charge on any atom is 0.418 e. The van der Waals surface area contributed by atoms with Crippen LogP contribution in [-0.4, -0.2) is 37.0 Å². The predicted octanol–water partition coefficient (Wildman–Crippen LogP) is 4.32. The van der Waals surface area contributed by atoms with Gasteiger partial charge in [0.25, 0.3) is 5.91 Å². The molecule has 0 bridgehead atoms. The highest BCUT2D eigenvalue weighted by Crippen LogP contribution is 2.38. The van der Waals surface area contributed by atoms with Crippen molar-refractivity contribution in [1.29, 1.82) is 0 Å². The Balaban J connectivity index is 1.74. The number of carbonyl (C=O) groups excluding carboxylic acids is 1. The fourth-order valence-corrected chi connectivity index (χ4v) is 3.10. The van der Waals surface area contributed by atoms with Crippen LogP contribution in [0.5, 0.6) is 0 Å². The van der Waals surface area contributed by atoms with Crippen LogP contribution in [0.3, 0.4) is 0 Å². The molecule has 1 heterocycles. The van der Waals surface area contributed by atoms with Gasteiger partial charge < -0.3 is 9.80 Å². The molecule has 1 fully saturated rings. The fraction of sp³-hybridized carbons (Fsp3) is 0.278. The summed E-state index contributed by atoms with van der Waals surface area (Å²) in [6, 6.07) is 12.6. The Kier molecular flexibility index (Phi) is 4.90. The van der Waals surface area contributed by atoms with Gasteiger partial charge in [0.1, 0.15) is 0 Å². The first-order valence-electron chi connectivity index (χ1n) is 7.82. The molecular weight excluding hydrogens is 353 g/mol. The summed E-state index contributed by atoms with van der Waals surface area (Å²) in [5.74, 6) is -0.104. The van der Waals surface area contributed by atoms with Gasteiger partial charge in [-0.25, -0.2) is 0 Å². The highest BCUT2D eigenvalue weighted by atomic mass is 35.5. The van der Waals surface area contributed by atoms with Crippen molar-refractivity contribution in [2.75, 3.05) is 31.1 Å². The zero-order valence-electron chi connectivity index (χ0n) is 13.3. The Morgan fingerprint density at radius 3 is 2.20 bits per heavy atom. The van der Waals surface area contributed by atoms with Gasteiger partial charge in [-0.1, -0.05) is 29.8 Å². The monoisotopic (exact) mass is 368 g/mol. The second kappa shape index (κ2) is 6.96. The van der Waals surface area contributed by atoms with Crippen molar-refractivity contribution >= 4 is 23.2 Å². The van der Waals surface area contributed by atoms with Gasteiger partial charge in [-0.05, 0) is 30.3 Å². The van der Waals surface area contributed by atoms with Crippen LogP contribution < -0.4 is 4.90 Å². The van der Waals surface area contributed by atoms with Crippen LogP contribution in [0.2, 0.25) is 5.02 Å². The van der Waals surface area contributed by atoms with Crippen LogP contribution in [0.15, 0.2) is 48.5 Å². The van der Waals surface area contributed by atoms with E-state index >= 15 is 0 Å². The van der Waals surface area contributed by atoms with Crippen molar-refractivity contribution in [1.82, 2.24) is 4.90 Å². The maximum atomic E-state index is 13.3. The van der Waals surface area contributed by atoms with E-state index in [2.05, 4.69) is 0 Å². The number of amides is 1. The van der Waals surface area contributed by atoms with Crippen LogP contribution in [0.4, 0.5) is 18.9 Å². The molecule has 1 amide bonds. The normalized spacial score (nSPS) is 15.4. The zero-order valence-corrected chi connectivity index (χ0v) is 14.0. The molecule has 0 N–H and O–H groups in total. The minimum atomic E-state index is -4.47. The summed E-state index contributed by atoms with van der Waals surface area (Å²) in [6.07, 6.45) is -4.47. The van der Waals surface area contributed by atoms with E-state index in [0.29, 0.717) is 31.7 Å². The molecule has 0 saturated carbocycles. The molecule has 25 heavy (non-hydrogen) atoms. The predicted molar refractivity (Wildman–Crippen MR) is 91.0 cm³/mol. The van der Waals surface area contributed by atoms with E-state index in [1.54, 1.807) is 34.1 Å². The standard InChI is InChI=1S/C18H16ClF3N2O/c19-14-6-7-16(15(12-14)18(20,21)22)23-8-10-24(11-9-23)17(25)13-4-2-1-3-5-13/h1-7,12H,8-11H2. The molecular formula is C18H16ClF3N2O. The average Bonchev–Trinajstić information content (AvgIpc) is 2.61. The van der Waals surface area contributed by atoms with Crippen LogP contribution >= 0.6 is 11.6 Å². The summed E-state index contributed by atoms with van der Waals surface area (Å²) in [4.78, 5) is 15.7. The second-order valence-electron chi connectivity index (χ2n) is 5.80. The second-order valence-corrected chi connectivity index (χ2v) is 6.24. The van der Waals surface area contributed by atoms with Crippen LogP contribution in [0.1, 0.15) is 15.9 Å². The number of nitrogens with zero attached hydrogens (tertiary/aromatic N) is 2. The number of rotatable bonds is 2. The lowest BCUT2D eigenvalue weighted by molar-refractivity contribution is -0.137. The van der Waals surface area contributed by atoms with Gasteiger partial charge in [0.2, 0.25) is 0 Å². The number of benzene rings is 2. The molecule has 3 rings (SSSR count). The average molecular weight is 369 g/mol. The van der Waals surface area contributed by atoms with Crippen LogP contribution in [0.25, 0.3) is 0 Å². The van der Waals surface area contributed by atoms with Crippen LogP contribution in [0, 0.1) is 0 Å². The van der Waals surface area contributed by atoms with Crippen molar-refractivity contribution in [3.8, 4) is 0 Å². The lowest BCUT2D eigenvalue weighted by Crippen LogP contribution is -2.49. The molecule has 3 nitrogen and oxygen atoms in total. The van der Waals surface area contributed by atoms with E-state index in [1.165, 1.54) is 12.1 Å². The third-order valence-electron chi connectivity index (χ3n) is 4.19. The topological polar surface area (TPSA) is 23.6 Å². The molecule has 132 valence electrons. The molecule has 0 aliphatic carbocycles. The highest BCUT2D eigenvalue weighted by Gasteiger charge is 2.36. The Morgan fingerprint density at radius 1 is 0.960 bits per heavy atom. The lowest BCUT2D eigenvalue weighted by Gasteiger charge is -2.37. The minimum Gasteiger partial charge on any atom is -0.367 e. The molecule has 0 unspecified atom stereocenters. The van der Waals surface area contributed by atoms with Crippen LogP contribution in [-0.2, 0) is 6.18 Å². The van der Waals surface area contributed by atoms with Crippen molar-refractivity contribution in [3.05, 3.63) is 64.7 Å². The number of halogens is 4. The van der Waals surface area contributed by atoms with E-state index in [4.69, 9.17) is 11.6 Å². The Morgan fingerprint density at radius 2 is 1.60 bits per heavy atom. The Hall–Kier alpha value is -2.21. The number of carbonyl (C=O) groups is 1.